The normalized spacial score (nSPS) is 23.7. The maximum atomic E-state index is 11.0. The summed E-state index contributed by atoms with van der Waals surface area (Å²) in [5.41, 5.74) is 0.768. The third kappa shape index (κ3) is 3.22. The molecule has 1 fully saturated rings. The Hall–Kier alpha value is -1.10. The Morgan fingerprint density at radius 1 is 1.44 bits per heavy atom. The van der Waals surface area contributed by atoms with E-state index in [1.165, 1.54) is 12.8 Å². The third-order valence-electron chi connectivity index (χ3n) is 3.45. The van der Waals surface area contributed by atoms with Crippen LogP contribution in [0.4, 0.5) is 11.4 Å². The molecule has 2 atom stereocenters. The second-order valence-corrected chi connectivity index (χ2v) is 5.95. The number of anilines is 1. The Balaban J connectivity index is 2.15. The van der Waals surface area contributed by atoms with Crippen LogP contribution in [0.5, 0.6) is 0 Å². The lowest BCUT2D eigenvalue weighted by Gasteiger charge is -2.28. The van der Waals surface area contributed by atoms with E-state index in [1.807, 2.05) is 6.07 Å². The summed E-state index contributed by atoms with van der Waals surface area (Å²) >= 11 is 3.27. The number of hydrogen-bond acceptors (Lipinski definition) is 3. The van der Waals surface area contributed by atoms with Crippen LogP contribution in [0.3, 0.4) is 0 Å². The number of hydrogen-bond donors (Lipinski definition) is 1. The first-order valence-corrected chi connectivity index (χ1v) is 7.06. The second kappa shape index (κ2) is 5.69. The molecule has 1 N–H and O–H groups in total. The van der Waals surface area contributed by atoms with Gasteiger partial charge in [0.25, 0.3) is 5.69 Å². The Bertz CT molecular complexity index is 451. The molecule has 0 heterocycles. The van der Waals surface area contributed by atoms with Gasteiger partial charge in [-0.3, -0.25) is 10.1 Å². The molecular formula is C13H17BrN2O2. The van der Waals surface area contributed by atoms with Gasteiger partial charge >= 0.3 is 0 Å². The van der Waals surface area contributed by atoms with Crippen LogP contribution in [0.1, 0.15) is 32.6 Å². The minimum absolute atomic E-state index is 0.141. The summed E-state index contributed by atoms with van der Waals surface area (Å²) in [6.45, 7) is 2.24. The fourth-order valence-electron chi connectivity index (χ4n) is 2.56. The molecule has 0 spiro atoms. The highest BCUT2D eigenvalue weighted by Crippen LogP contribution is 2.32. The van der Waals surface area contributed by atoms with Crippen molar-refractivity contribution in [3.63, 3.8) is 0 Å². The van der Waals surface area contributed by atoms with Gasteiger partial charge in [0.1, 0.15) is 5.69 Å². The van der Waals surface area contributed by atoms with E-state index in [9.17, 15) is 10.1 Å². The Labute approximate surface area is 115 Å². The molecule has 0 unspecified atom stereocenters. The van der Waals surface area contributed by atoms with Gasteiger partial charge in [0.15, 0.2) is 0 Å². The number of nitrogens with one attached hydrogen (secondary N) is 1. The molecule has 0 radical (unpaired) electrons. The zero-order valence-corrected chi connectivity index (χ0v) is 11.9. The maximum absolute atomic E-state index is 11.0. The molecule has 5 heteroatoms. The first-order chi connectivity index (χ1) is 8.56. The van der Waals surface area contributed by atoms with Gasteiger partial charge in [-0.2, -0.15) is 0 Å². The second-order valence-electron chi connectivity index (χ2n) is 5.03. The van der Waals surface area contributed by atoms with Crippen LogP contribution in [0, 0.1) is 16.0 Å². The summed E-state index contributed by atoms with van der Waals surface area (Å²) in [5.74, 6) is 0.700. The molecule has 98 valence electrons. The molecule has 4 nitrogen and oxygen atoms in total. The quantitative estimate of drug-likeness (QED) is 0.667. The molecular weight excluding hydrogens is 296 g/mol. The van der Waals surface area contributed by atoms with E-state index >= 15 is 0 Å². The van der Waals surface area contributed by atoms with E-state index in [2.05, 4.69) is 28.2 Å². The van der Waals surface area contributed by atoms with Crippen molar-refractivity contribution >= 4 is 27.3 Å². The van der Waals surface area contributed by atoms with Gasteiger partial charge in [-0.1, -0.05) is 35.7 Å². The largest absolute Gasteiger partial charge is 0.377 e. The van der Waals surface area contributed by atoms with E-state index in [4.69, 9.17) is 0 Å². The fraction of sp³-hybridized carbons (Fsp3) is 0.538. The molecule has 1 aromatic rings. The average Bonchev–Trinajstić information content (AvgIpc) is 2.31. The molecule has 0 saturated heterocycles. The average molecular weight is 313 g/mol. The van der Waals surface area contributed by atoms with Crippen LogP contribution in [-0.4, -0.2) is 11.0 Å². The van der Waals surface area contributed by atoms with E-state index in [1.54, 1.807) is 12.1 Å². The highest BCUT2D eigenvalue weighted by Gasteiger charge is 2.22. The van der Waals surface area contributed by atoms with Gasteiger partial charge in [0, 0.05) is 16.6 Å². The predicted molar refractivity (Wildman–Crippen MR) is 75.8 cm³/mol. The van der Waals surface area contributed by atoms with E-state index in [0.29, 0.717) is 17.6 Å². The van der Waals surface area contributed by atoms with Crippen LogP contribution in [0.2, 0.25) is 0 Å². The standard InChI is InChI=1S/C13H17BrN2O2/c1-9-3-2-4-11(7-9)15-12-6-5-10(14)8-13(12)16(17)18/h5-6,8-9,11,15H,2-4,7H2,1H3/t9-,11-/m0/s1. The highest BCUT2D eigenvalue weighted by atomic mass is 79.9. The number of nitro groups is 1. The minimum atomic E-state index is -0.334. The third-order valence-corrected chi connectivity index (χ3v) is 3.95. The topological polar surface area (TPSA) is 55.2 Å². The molecule has 1 aliphatic rings. The SMILES string of the molecule is C[C@H]1CCC[C@H](Nc2ccc(Br)cc2[N+](=O)[O-])C1. The van der Waals surface area contributed by atoms with Crippen LogP contribution < -0.4 is 5.32 Å². The van der Waals surface area contributed by atoms with Gasteiger partial charge in [-0.15, -0.1) is 0 Å². The zero-order valence-electron chi connectivity index (χ0n) is 10.4. The Morgan fingerprint density at radius 3 is 2.89 bits per heavy atom. The van der Waals surface area contributed by atoms with Crippen LogP contribution in [0.25, 0.3) is 0 Å². The molecule has 0 bridgehead atoms. The van der Waals surface area contributed by atoms with Crippen LogP contribution in [-0.2, 0) is 0 Å². The lowest BCUT2D eigenvalue weighted by molar-refractivity contribution is -0.384. The Kier molecular flexibility index (Phi) is 4.22. The van der Waals surface area contributed by atoms with Crippen molar-refractivity contribution in [2.75, 3.05) is 5.32 Å². The van der Waals surface area contributed by atoms with Crippen molar-refractivity contribution in [1.29, 1.82) is 0 Å². The molecule has 1 saturated carbocycles. The van der Waals surface area contributed by atoms with Crippen molar-refractivity contribution in [3.8, 4) is 0 Å². The van der Waals surface area contributed by atoms with Crippen molar-refractivity contribution < 1.29 is 4.92 Å². The van der Waals surface area contributed by atoms with Gasteiger partial charge in [-0.05, 0) is 30.9 Å². The summed E-state index contributed by atoms with van der Waals surface area (Å²) in [6, 6.07) is 5.52. The first-order valence-electron chi connectivity index (χ1n) is 6.26. The summed E-state index contributed by atoms with van der Waals surface area (Å²) in [4.78, 5) is 10.7. The van der Waals surface area contributed by atoms with Crippen LogP contribution >= 0.6 is 15.9 Å². The lowest BCUT2D eigenvalue weighted by atomic mass is 9.87. The molecule has 0 amide bonds. The fourth-order valence-corrected chi connectivity index (χ4v) is 2.91. The molecule has 1 aliphatic carbocycles. The van der Waals surface area contributed by atoms with Crippen molar-refractivity contribution in [3.05, 3.63) is 32.8 Å². The van der Waals surface area contributed by atoms with E-state index < -0.39 is 0 Å². The lowest BCUT2D eigenvalue weighted by Crippen LogP contribution is -2.26. The molecule has 1 aromatic carbocycles. The van der Waals surface area contributed by atoms with Gasteiger partial charge < -0.3 is 5.32 Å². The summed E-state index contributed by atoms with van der Waals surface area (Å²) in [6.07, 6.45) is 4.65. The van der Waals surface area contributed by atoms with Gasteiger partial charge in [0.2, 0.25) is 0 Å². The monoisotopic (exact) mass is 312 g/mol. The molecule has 0 aliphatic heterocycles. The summed E-state index contributed by atoms with van der Waals surface area (Å²) < 4.78 is 0.733. The Morgan fingerprint density at radius 2 is 2.22 bits per heavy atom. The van der Waals surface area contributed by atoms with Gasteiger partial charge in [0.05, 0.1) is 4.92 Å². The number of nitrogens with zero attached hydrogens (tertiary/aromatic N) is 1. The first kappa shape index (κ1) is 13.3. The van der Waals surface area contributed by atoms with Crippen molar-refractivity contribution in [2.45, 2.75) is 38.6 Å². The minimum Gasteiger partial charge on any atom is -0.377 e. The van der Waals surface area contributed by atoms with Gasteiger partial charge in [-0.25, -0.2) is 0 Å². The smallest absolute Gasteiger partial charge is 0.293 e. The highest BCUT2D eigenvalue weighted by molar-refractivity contribution is 9.10. The van der Waals surface area contributed by atoms with Crippen molar-refractivity contribution in [2.24, 2.45) is 5.92 Å². The van der Waals surface area contributed by atoms with E-state index in [0.717, 1.165) is 17.3 Å². The number of benzene rings is 1. The maximum Gasteiger partial charge on any atom is 0.293 e. The zero-order chi connectivity index (χ0) is 13.1. The van der Waals surface area contributed by atoms with Crippen molar-refractivity contribution in [1.82, 2.24) is 0 Å². The van der Waals surface area contributed by atoms with E-state index in [-0.39, 0.29) is 10.6 Å². The molecule has 0 aromatic heterocycles. The van der Waals surface area contributed by atoms with Crippen LogP contribution in [0.15, 0.2) is 22.7 Å². The summed E-state index contributed by atoms with van der Waals surface area (Å²) in [7, 11) is 0. The number of nitro benzene ring substituents is 1. The molecule has 18 heavy (non-hydrogen) atoms. The molecule has 2 rings (SSSR count). The number of halogens is 1. The number of rotatable bonds is 3. The summed E-state index contributed by atoms with van der Waals surface area (Å²) in [5, 5.41) is 14.4. The predicted octanol–water partition coefficient (Wildman–Crippen LogP) is 4.35.